The molecular weight excluding hydrogens is 336 g/mol. The smallest absolute Gasteiger partial charge is 0.251 e. The van der Waals surface area contributed by atoms with Gasteiger partial charge in [0.1, 0.15) is 5.69 Å². The lowest BCUT2D eigenvalue weighted by Gasteiger charge is -2.28. The molecule has 3 N–H and O–H groups in total. The highest BCUT2D eigenvalue weighted by Crippen LogP contribution is 2.38. The lowest BCUT2D eigenvalue weighted by atomic mass is 9.76. The molecule has 0 saturated carbocycles. The summed E-state index contributed by atoms with van der Waals surface area (Å²) in [7, 11) is 0. The number of carbonyl (C=O) groups is 1. The molecule has 4 rings (SSSR count). The van der Waals surface area contributed by atoms with Crippen molar-refractivity contribution in [1.82, 2.24) is 20.5 Å². The molecule has 0 fully saturated rings. The summed E-state index contributed by atoms with van der Waals surface area (Å²) in [6, 6.07) is 7.85. The standard InChI is InChI=1S/C20H24N4O.C2H6/c1-4-21-19(25)12-5-6-15-13(9-12)10-16(22-15)18-14-7-8-20(2,3)11-17(14)23-24-18;1-2/h5-6,9-10,22H,4,7-8,11H2,1-3H3,(H,21,25)(H,23,24);1-2H3. The number of nitrogens with one attached hydrogen (secondary N) is 3. The summed E-state index contributed by atoms with van der Waals surface area (Å²) in [5.41, 5.74) is 6.66. The first-order chi connectivity index (χ1) is 13.0. The van der Waals surface area contributed by atoms with Gasteiger partial charge in [0.15, 0.2) is 0 Å². The molecule has 0 radical (unpaired) electrons. The van der Waals surface area contributed by atoms with Crippen LogP contribution < -0.4 is 5.32 Å². The van der Waals surface area contributed by atoms with Gasteiger partial charge in [-0.15, -0.1) is 0 Å². The molecule has 0 saturated heterocycles. The first kappa shape index (κ1) is 19.2. The van der Waals surface area contributed by atoms with Gasteiger partial charge in [-0.1, -0.05) is 27.7 Å². The highest BCUT2D eigenvalue weighted by atomic mass is 16.1. The number of benzene rings is 1. The summed E-state index contributed by atoms with van der Waals surface area (Å²) in [5.74, 6) is -0.0356. The number of aromatic nitrogens is 3. The quantitative estimate of drug-likeness (QED) is 0.620. The van der Waals surface area contributed by atoms with Crippen LogP contribution in [0.4, 0.5) is 0 Å². The van der Waals surface area contributed by atoms with Crippen LogP contribution in [0.2, 0.25) is 0 Å². The highest BCUT2D eigenvalue weighted by Gasteiger charge is 2.29. The van der Waals surface area contributed by atoms with E-state index in [1.807, 2.05) is 39.0 Å². The summed E-state index contributed by atoms with van der Waals surface area (Å²) < 4.78 is 0. The van der Waals surface area contributed by atoms with Gasteiger partial charge >= 0.3 is 0 Å². The lowest BCUT2D eigenvalue weighted by Crippen LogP contribution is -2.22. The van der Waals surface area contributed by atoms with Crippen molar-refractivity contribution in [3.63, 3.8) is 0 Å². The molecule has 2 aromatic heterocycles. The number of aromatic amines is 2. The van der Waals surface area contributed by atoms with Crippen molar-refractivity contribution in [1.29, 1.82) is 0 Å². The Bertz CT molecular complexity index is 949. The number of H-pyrrole nitrogens is 2. The van der Waals surface area contributed by atoms with E-state index in [1.54, 1.807) is 0 Å². The van der Waals surface area contributed by atoms with Crippen molar-refractivity contribution >= 4 is 16.8 Å². The van der Waals surface area contributed by atoms with Gasteiger partial charge in [0.2, 0.25) is 0 Å². The summed E-state index contributed by atoms with van der Waals surface area (Å²) >= 11 is 0. The van der Waals surface area contributed by atoms with Gasteiger partial charge in [0, 0.05) is 34.3 Å². The molecule has 5 heteroatoms. The molecule has 27 heavy (non-hydrogen) atoms. The van der Waals surface area contributed by atoms with Crippen LogP contribution in [0.3, 0.4) is 0 Å². The van der Waals surface area contributed by atoms with Gasteiger partial charge in [-0.25, -0.2) is 0 Å². The second-order valence-electron chi connectivity index (χ2n) is 7.71. The van der Waals surface area contributed by atoms with E-state index < -0.39 is 0 Å². The van der Waals surface area contributed by atoms with Crippen molar-refractivity contribution in [2.24, 2.45) is 5.41 Å². The molecule has 1 aromatic carbocycles. The van der Waals surface area contributed by atoms with Crippen molar-refractivity contribution in [3.8, 4) is 11.4 Å². The van der Waals surface area contributed by atoms with Crippen molar-refractivity contribution in [3.05, 3.63) is 41.1 Å². The molecule has 1 aliphatic rings. The number of amides is 1. The Morgan fingerprint density at radius 1 is 1.26 bits per heavy atom. The molecule has 3 aromatic rings. The van der Waals surface area contributed by atoms with Crippen LogP contribution in [0.25, 0.3) is 22.3 Å². The number of carbonyl (C=O) groups excluding carboxylic acids is 1. The zero-order valence-corrected chi connectivity index (χ0v) is 17.0. The number of rotatable bonds is 3. The lowest BCUT2D eigenvalue weighted by molar-refractivity contribution is 0.0956. The molecule has 5 nitrogen and oxygen atoms in total. The largest absolute Gasteiger partial charge is 0.353 e. The van der Waals surface area contributed by atoms with Gasteiger partial charge in [-0.05, 0) is 55.9 Å². The van der Waals surface area contributed by atoms with Gasteiger partial charge in [0.25, 0.3) is 5.91 Å². The fourth-order valence-corrected chi connectivity index (χ4v) is 3.73. The molecule has 2 heterocycles. The molecule has 144 valence electrons. The van der Waals surface area contributed by atoms with Crippen LogP contribution >= 0.6 is 0 Å². The fourth-order valence-electron chi connectivity index (χ4n) is 3.73. The van der Waals surface area contributed by atoms with Crippen LogP contribution in [0.1, 0.15) is 62.7 Å². The van der Waals surface area contributed by atoms with Crippen LogP contribution in [0.15, 0.2) is 24.3 Å². The maximum Gasteiger partial charge on any atom is 0.251 e. The zero-order chi connectivity index (χ0) is 19.6. The van der Waals surface area contributed by atoms with Gasteiger partial charge < -0.3 is 10.3 Å². The van der Waals surface area contributed by atoms with Crippen molar-refractivity contribution in [2.45, 2.75) is 53.9 Å². The van der Waals surface area contributed by atoms with Crippen LogP contribution in [-0.4, -0.2) is 27.6 Å². The predicted molar refractivity (Wildman–Crippen MR) is 111 cm³/mol. The Balaban J connectivity index is 0.00000102. The third-order valence-corrected chi connectivity index (χ3v) is 5.14. The Morgan fingerprint density at radius 2 is 2.04 bits per heavy atom. The van der Waals surface area contributed by atoms with Crippen LogP contribution in [0.5, 0.6) is 0 Å². The van der Waals surface area contributed by atoms with E-state index >= 15 is 0 Å². The average molecular weight is 367 g/mol. The normalized spacial score (nSPS) is 15.0. The zero-order valence-electron chi connectivity index (χ0n) is 17.0. The van der Waals surface area contributed by atoms with E-state index in [4.69, 9.17) is 0 Å². The topological polar surface area (TPSA) is 73.6 Å². The Hall–Kier alpha value is -2.56. The van der Waals surface area contributed by atoms with Crippen molar-refractivity contribution < 1.29 is 4.79 Å². The summed E-state index contributed by atoms with van der Waals surface area (Å²) in [4.78, 5) is 15.5. The molecule has 0 spiro atoms. The maximum atomic E-state index is 12.0. The predicted octanol–water partition coefficient (Wildman–Crippen LogP) is 4.85. The average Bonchev–Trinajstić information content (AvgIpc) is 3.25. The van der Waals surface area contributed by atoms with E-state index in [9.17, 15) is 4.79 Å². The van der Waals surface area contributed by atoms with E-state index in [0.717, 1.165) is 35.1 Å². The van der Waals surface area contributed by atoms with Gasteiger partial charge in [-0.2, -0.15) is 5.10 Å². The third-order valence-electron chi connectivity index (χ3n) is 5.14. The SMILES string of the molecule is CC.CCNC(=O)c1ccc2[nH]c(-c3n[nH]c4c3CCC(C)(C)C4)cc2c1. The van der Waals surface area contributed by atoms with Crippen LogP contribution in [-0.2, 0) is 12.8 Å². The molecule has 1 amide bonds. The molecule has 0 unspecified atom stereocenters. The number of hydrogen-bond acceptors (Lipinski definition) is 2. The Labute approximate surface area is 161 Å². The minimum absolute atomic E-state index is 0.0356. The van der Waals surface area contributed by atoms with Crippen LogP contribution in [0, 0.1) is 5.41 Å². The Kier molecular flexibility index (Phi) is 5.40. The second-order valence-corrected chi connectivity index (χ2v) is 7.71. The summed E-state index contributed by atoms with van der Waals surface area (Å²) in [5, 5.41) is 11.7. The molecule has 0 aliphatic heterocycles. The number of fused-ring (bicyclic) bond motifs is 2. The molecular formula is C22H30N4O. The fraction of sp³-hybridized carbons (Fsp3) is 0.455. The van der Waals surface area contributed by atoms with E-state index in [-0.39, 0.29) is 5.91 Å². The minimum atomic E-state index is -0.0356. The van der Waals surface area contributed by atoms with Gasteiger partial charge in [0.05, 0.1) is 5.69 Å². The summed E-state index contributed by atoms with van der Waals surface area (Å²) in [6.45, 7) is 11.2. The monoisotopic (exact) mass is 366 g/mol. The first-order valence-electron chi connectivity index (χ1n) is 9.94. The molecule has 1 aliphatic carbocycles. The number of hydrogen-bond donors (Lipinski definition) is 3. The molecule has 0 bridgehead atoms. The third kappa shape index (κ3) is 3.77. The first-order valence-corrected chi connectivity index (χ1v) is 9.94. The molecule has 0 atom stereocenters. The Morgan fingerprint density at radius 3 is 2.78 bits per heavy atom. The van der Waals surface area contributed by atoms with Crippen molar-refractivity contribution in [2.75, 3.05) is 6.54 Å². The van der Waals surface area contributed by atoms with E-state index in [1.165, 1.54) is 17.7 Å². The van der Waals surface area contributed by atoms with E-state index in [0.29, 0.717) is 17.5 Å². The minimum Gasteiger partial charge on any atom is -0.353 e. The van der Waals surface area contributed by atoms with Gasteiger partial charge in [-0.3, -0.25) is 9.89 Å². The summed E-state index contributed by atoms with van der Waals surface area (Å²) in [6.07, 6.45) is 3.26. The van der Waals surface area contributed by atoms with E-state index in [2.05, 4.69) is 40.4 Å². The number of nitrogens with zero attached hydrogens (tertiary/aromatic N) is 1. The second kappa shape index (κ2) is 7.59. The highest BCUT2D eigenvalue weighted by molar-refractivity contribution is 5.99. The maximum absolute atomic E-state index is 12.0.